The zero-order valence-electron chi connectivity index (χ0n) is 12.2. The van der Waals surface area contributed by atoms with Gasteiger partial charge in [-0.25, -0.2) is 0 Å². The van der Waals surface area contributed by atoms with Crippen molar-refractivity contribution in [2.24, 2.45) is 0 Å². The van der Waals surface area contributed by atoms with Crippen molar-refractivity contribution >= 4 is 17.5 Å². The molecular weight excluding hydrogens is 278 g/mol. The summed E-state index contributed by atoms with van der Waals surface area (Å²) in [5.41, 5.74) is 2.53. The van der Waals surface area contributed by atoms with E-state index in [1.54, 1.807) is 29.4 Å². The van der Waals surface area contributed by atoms with E-state index in [0.717, 1.165) is 11.1 Å². The van der Waals surface area contributed by atoms with E-state index in [1.165, 1.54) is 0 Å². The highest BCUT2D eigenvalue weighted by molar-refractivity contribution is 5.98. The topological polar surface area (TPSA) is 62.3 Å². The Balaban J connectivity index is 1.46. The Kier molecular flexibility index (Phi) is 4.14. The molecule has 0 radical (unpaired) electrons. The minimum Gasteiger partial charge on any atom is -0.334 e. The van der Waals surface area contributed by atoms with Crippen LogP contribution in [0.15, 0.2) is 48.8 Å². The second kappa shape index (κ2) is 6.39. The Morgan fingerprint density at radius 3 is 2.86 bits per heavy atom. The number of amides is 2. The monoisotopic (exact) mass is 295 g/mol. The molecule has 0 saturated heterocycles. The zero-order valence-corrected chi connectivity index (χ0v) is 12.2. The molecule has 5 nitrogen and oxygen atoms in total. The molecule has 1 aliphatic rings. The van der Waals surface area contributed by atoms with Crippen LogP contribution in [-0.4, -0.2) is 28.2 Å². The van der Waals surface area contributed by atoms with Gasteiger partial charge < -0.3 is 10.2 Å². The molecule has 1 aromatic carbocycles. The van der Waals surface area contributed by atoms with Crippen LogP contribution >= 0.6 is 0 Å². The minimum absolute atomic E-state index is 0.0582. The van der Waals surface area contributed by atoms with Crippen LogP contribution in [0.1, 0.15) is 28.8 Å². The summed E-state index contributed by atoms with van der Waals surface area (Å²) in [7, 11) is 0. The normalized spacial score (nSPS) is 13.1. The van der Waals surface area contributed by atoms with Crippen molar-refractivity contribution in [3.05, 3.63) is 59.9 Å². The molecule has 3 rings (SSSR count). The van der Waals surface area contributed by atoms with E-state index < -0.39 is 0 Å². The van der Waals surface area contributed by atoms with Gasteiger partial charge in [0.15, 0.2) is 0 Å². The first kappa shape index (κ1) is 14.3. The van der Waals surface area contributed by atoms with Gasteiger partial charge in [0.2, 0.25) is 5.91 Å². The number of hydrogen-bond donors (Lipinski definition) is 1. The summed E-state index contributed by atoms with van der Waals surface area (Å²) in [6, 6.07) is 11.2. The summed E-state index contributed by atoms with van der Waals surface area (Å²) in [5, 5.41) is 2.79. The number of pyridine rings is 1. The lowest BCUT2D eigenvalue weighted by Crippen LogP contribution is -2.26. The van der Waals surface area contributed by atoms with Gasteiger partial charge in [-0.05, 0) is 30.2 Å². The molecule has 0 saturated carbocycles. The largest absolute Gasteiger partial charge is 0.334 e. The highest BCUT2D eigenvalue weighted by Crippen LogP contribution is 2.22. The van der Waals surface area contributed by atoms with Gasteiger partial charge in [-0.1, -0.05) is 18.2 Å². The molecule has 0 atom stereocenters. The maximum Gasteiger partial charge on any atom is 0.254 e. The second-order valence-electron chi connectivity index (χ2n) is 5.28. The van der Waals surface area contributed by atoms with Gasteiger partial charge in [-0.15, -0.1) is 0 Å². The fraction of sp³-hybridized carbons (Fsp3) is 0.235. The maximum absolute atomic E-state index is 12.2. The Hall–Kier alpha value is -2.69. The van der Waals surface area contributed by atoms with Gasteiger partial charge in [0, 0.05) is 31.3 Å². The molecule has 1 aromatic heterocycles. The van der Waals surface area contributed by atoms with E-state index in [4.69, 9.17) is 0 Å². The van der Waals surface area contributed by atoms with Gasteiger partial charge in [0.25, 0.3) is 5.91 Å². The Bertz CT molecular complexity index is 685. The smallest absolute Gasteiger partial charge is 0.254 e. The van der Waals surface area contributed by atoms with E-state index in [2.05, 4.69) is 10.3 Å². The van der Waals surface area contributed by atoms with Crippen molar-refractivity contribution in [3.8, 4) is 0 Å². The SMILES string of the molecule is O=C(CCCN1Cc2ccccc2C1=O)Nc1cccnc1. The van der Waals surface area contributed by atoms with Gasteiger partial charge in [-0.2, -0.15) is 0 Å². The van der Waals surface area contributed by atoms with Gasteiger partial charge in [-0.3, -0.25) is 14.6 Å². The molecule has 5 heteroatoms. The molecule has 1 N–H and O–H groups in total. The number of hydrogen-bond acceptors (Lipinski definition) is 3. The van der Waals surface area contributed by atoms with Crippen molar-refractivity contribution in [1.29, 1.82) is 0 Å². The van der Waals surface area contributed by atoms with Crippen LogP contribution in [0, 0.1) is 0 Å². The number of carbonyl (C=O) groups excluding carboxylic acids is 2. The fourth-order valence-electron chi connectivity index (χ4n) is 2.59. The lowest BCUT2D eigenvalue weighted by atomic mass is 10.1. The molecular formula is C17H17N3O2. The summed E-state index contributed by atoms with van der Waals surface area (Å²) in [6.07, 6.45) is 4.30. The quantitative estimate of drug-likeness (QED) is 0.921. The summed E-state index contributed by atoms with van der Waals surface area (Å²) in [5.74, 6) is 0.000396. The minimum atomic E-state index is -0.0582. The summed E-state index contributed by atoms with van der Waals surface area (Å²) < 4.78 is 0. The fourth-order valence-corrected chi connectivity index (χ4v) is 2.59. The van der Waals surface area contributed by atoms with Crippen LogP contribution in [0.3, 0.4) is 0 Å². The first-order valence-electron chi connectivity index (χ1n) is 7.31. The molecule has 0 fully saturated rings. The third-order valence-corrected chi connectivity index (χ3v) is 3.67. The molecule has 1 aliphatic heterocycles. The van der Waals surface area contributed by atoms with Crippen molar-refractivity contribution < 1.29 is 9.59 Å². The van der Waals surface area contributed by atoms with Gasteiger partial charge in [0.05, 0.1) is 11.9 Å². The number of carbonyl (C=O) groups is 2. The maximum atomic E-state index is 12.2. The summed E-state index contributed by atoms with van der Waals surface area (Å²) in [6.45, 7) is 1.23. The Morgan fingerprint density at radius 2 is 2.09 bits per heavy atom. The Morgan fingerprint density at radius 1 is 1.23 bits per heavy atom. The first-order chi connectivity index (χ1) is 10.7. The summed E-state index contributed by atoms with van der Waals surface area (Å²) >= 11 is 0. The lowest BCUT2D eigenvalue weighted by molar-refractivity contribution is -0.116. The first-order valence-corrected chi connectivity index (χ1v) is 7.31. The van der Waals surface area contributed by atoms with Gasteiger partial charge >= 0.3 is 0 Å². The van der Waals surface area contributed by atoms with Gasteiger partial charge in [0.1, 0.15) is 0 Å². The highest BCUT2D eigenvalue weighted by Gasteiger charge is 2.26. The average molecular weight is 295 g/mol. The van der Waals surface area contributed by atoms with Crippen molar-refractivity contribution in [2.75, 3.05) is 11.9 Å². The highest BCUT2D eigenvalue weighted by atomic mass is 16.2. The third-order valence-electron chi connectivity index (χ3n) is 3.67. The molecule has 2 amide bonds. The van der Waals surface area contributed by atoms with Crippen LogP contribution in [0.2, 0.25) is 0 Å². The molecule has 2 aromatic rings. The van der Waals surface area contributed by atoms with E-state index in [9.17, 15) is 9.59 Å². The predicted molar refractivity (Wildman–Crippen MR) is 83.3 cm³/mol. The molecule has 2 heterocycles. The molecule has 22 heavy (non-hydrogen) atoms. The number of nitrogens with one attached hydrogen (secondary N) is 1. The number of aromatic nitrogens is 1. The molecule has 0 bridgehead atoms. The predicted octanol–water partition coefficient (Wildman–Crippen LogP) is 2.46. The van der Waals surface area contributed by atoms with Crippen LogP contribution in [-0.2, 0) is 11.3 Å². The Labute approximate surface area is 129 Å². The molecule has 112 valence electrons. The van der Waals surface area contributed by atoms with Crippen LogP contribution < -0.4 is 5.32 Å². The van der Waals surface area contributed by atoms with Crippen LogP contribution in [0.4, 0.5) is 5.69 Å². The number of benzene rings is 1. The van der Waals surface area contributed by atoms with E-state index in [0.29, 0.717) is 31.6 Å². The standard InChI is InChI=1S/C17H17N3O2/c21-16(19-14-6-3-9-18-11-14)8-4-10-20-12-13-5-1-2-7-15(13)17(20)22/h1-3,5-7,9,11H,4,8,10,12H2,(H,19,21). The lowest BCUT2D eigenvalue weighted by Gasteiger charge is -2.15. The third kappa shape index (κ3) is 3.14. The van der Waals surface area contributed by atoms with E-state index in [1.807, 2.05) is 24.3 Å². The van der Waals surface area contributed by atoms with E-state index in [-0.39, 0.29) is 11.8 Å². The van der Waals surface area contributed by atoms with E-state index >= 15 is 0 Å². The number of rotatable bonds is 5. The van der Waals surface area contributed by atoms with Crippen LogP contribution in [0.25, 0.3) is 0 Å². The van der Waals surface area contributed by atoms with Crippen molar-refractivity contribution in [2.45, 2.75) is 19.4 Å². The van der Waals surface area contributed by atoms with Crippen LogP contribution in [0.5, 0.6) is 0 Å². The molecule has 0 aliphatic carbocycles. The zero-order chi connectivity index (χ0) is 15.4. The van der Waals surface area contributed by atoms with Crippen molar-refractivity contribution in [1.82, 2.24) is 9.88 Å². The second-order valence-corrected chi connectivity index (χ2v) is 5.28. The molecule has 0 unspecified atom stereocenters. The average Bonchev–Trinajstić information content (AvgIpc) is 2.85. The number of nitrogens with zero attached hydrogens (tertiary/aromatic N) is 2. The summed E-state index contributed by atoms with van der Waals surface area (Å²) in [4.78, 5) is 29.8. The van der Waals surface area contributed by atoms with Crippen molar-refractivity contribution in [3.63, 3.8) is 0 Å². The number of fused-ring (bicyclic) bond motifs is 1. The molecule has 0 spiro atoms. The number of anilines is 1.